The summed E-state index contributed by atoms with van der Waals surface area (Å²) in [6.45, 7) is 3.57. The van der Waals surface area contributed by atoms with Gasteiger partial charge in [0.1, 0.15) is 5.58 Å². The summed E-state index contributed by atoms with van der Waals surface area (Å²) in [5, 5.41) is 0.802. The first kappa shape index (κ1) is 19.9. The molecule has 0 atom stereocenters. The van der Waals surface area contributed by atoms with Crippen LogP contribution in [-0.2, 0) is 0 Å². The average Bonchev–Trinajstić information content (AvgIpc) is 2.73. The molecule has 4 nitrogen and oxygen atoms in total. The molecule has 4 rings (SSSR count). The second-order valence-electron chi connectivity index (χ2n) is 7.15. The summed E-state index contributed by atoms with van der Waals surface area (Å²) in [5.41, 5.74) is 3.14. The molecule has 4 aromatic rings. The van der Waals surface area contributed by atoms with Gasteiger partial charge >= 0.3 is 0 Å². The number of rotatable bonds is 5. The number of carbonyl (C=O) groups excluding carboxylic acids is 1. The number of halogens is 1. The fourth-order valence-corrected chi connectivity index (χ4v) is 3.42. The standard InChI is InChI=1S/C25H19ClO4/c1-15-7-10-17(11-8-15)21(27)14-29-25-23(28)19-12-9-16(2)13-22(19)30-24(25)18-5-3-4-6-20(18)26/h3-13H,14H2,1-2H3. The highest BCUT2D eigenvalue weighted by atomic mass is 35.5. The van der Waals surface area contributed by atoms with Crippen LogP contribution < -0.4 is 10.2 Å². The van der Waals surface area contributed by atoms with Gasteiger partial charge in [-0.3, -0.25) is 9.59 Å². The van der Waals surface area contributed by atoms with Crippen LogP contribution in [0.2, 0.25) is 5.02 Å². The van der Waals surface area contributed by atoms with Gasteiger partial charge in [0.2, 0.25) is 11.2 Å². The van der Waals surface area contributed by atoms with Gasteiger partial charge in [0.15, 0.2) is 18.2 Å². The summed E-state index contributed by atoms with van der Waals surface area (Å²) in [5.74, 6) is -0.0520. The van der Waals surface area contributed by atoms with E-state index in [2.05, 4.69) is 0 Å². The smallest absolute Gasteiger partial charge is 0.235 e. The van der Waals surface area contributed by atoms with Crippen LogP contribution in [0.25, 0.3) is 22.3 Å². The van der Waals surface area contributed by atoms with Gasteiger partial charge in [-0.25, -0.2) is 0 Å². The highest BCUT2D eigenvalue weighted by molar-refractivity contribution is 6.33. The molecule has 0 saturated heterocycles. The van der Waals surface area contributed by atoms with Gasteiger partial charge in [0.05, 0.1) is 10.4 Å². The van der Waals surface area contributed by atoms with E-state index in [0.29, 0.717) is 27.1 Å². The van der Waals surface area contributed by atoms with Gasteiger partial charge in [-0.1, -0.05) is 59.6 Å². The SMILES string of the molecule is Cc1ccc(C(=O)COc2c(-c3ccccc3Cl)oc3cc(C)ccc3c2=O)cc1. The molecule has 0 aliphatic carbocycles. The molecule has 0 amide bonds. The van der Waals surface area contributed by atoms with Gasteiger partial charge in [0, 0.05) is 11.1 Å². The van der Waals surface area contributed by atoms with E-state index in [1.165, 1.54) is 0 Å². The quantitative estimate of drug-likeness (QED) is 0.373. The third-order valence-corrected chi connectivity index (χ3v) is 5.18. The summed E-state index contributed by atoms with van der Waals surface area (Å²) < 4.78 is 11.8. The van der Waals surface area contributed by atoms with E-state index in [1.807, 2.05) is 32.0 Å². The Hall–Kier alpha value is -3.37. The summed E-state index contributed by atoms with van der Waals surface area (Å²) in [4.78, 5) is 25.8. The maximum atomic E-state index is 13.2. The van der Waals surface area contributed by atoms with Crippen molar-refractivity contribution in [2.45, 2.75) is 13.8 Å². The van der Waals surface area contributed by atoms with E-state index in [0.717, 1.165) is 11.1 Å². The lowest BCUT2D eigenvalue weighted by Crippen LogP contribution is -2.17. The molecule has 0 N–H and O–H groups in total. The second-order valence-corrected chi connectivity index (χ2v) is 7.55. The molecule has 0 radical (unpaired) electrons. The second kappa shape index (κ2) is 8.17. The van der Waals surface area contributed by atoms with Gasteiger partial charge in [-0.15, -0.1) is 0 Å². The van der Waals surface area contributed by atoms with E-state index in [-0.39, 0.29) is 29.3 Å². The molecular weight excluding hydrogens is 400 g/mol. The van der Waals surface area contributed by atoms with Crippen molar-refractivity contribution in [3.05, 3.63) is 98.7 Å². The van der Waals surface area contributed by atoms with Gasteiger partial charge in [-0.05, 0) is 43.7 Å². The molecule has 3 aromatic carbocycles. The normalized spacial score (nSPS) is 10.9. The lowest BCUT2D eigenvalue weighted by atomic mass is 10.1. The Morgan fingerprint density at radius 2 is 1.67 bits per heavy atom. The zero-order valence-corrected chi connectivity index (χ0v) is 17.3. The summed E-state index contributed by atoms with van der Waals surface area (Å²) >= 11 is 6.35. The lowest BCUT2D eigenvalue weighted by Gasteiger charge is -2.12. The van der Waals surface area contributed by atoms with Crippen molar-refractivity contribution in [1.29, 1.82) is 0 Å². The van der Waals surface area contributed by atoms with Crippen LogP contribution in [-0.4, -0.2) is 12.4 Å². The third-order valence-electron chi connectivity index (χ3n) is 4.85. The number of hydrogen-bond acceptors (Lipinski definition) is 4. The average molecular weight is 419 g/mol. The van der Waals surface area contributed by atoms with E-state index in [9.17, 15) is 9.59 Å². The molecular formula is C25H19ClO4. The number of benzene rings is 3. The van der Waals surface area contributed by atoms with Crippen molar-refractivity contribution in [3.8, 4) is 17.1 Å². The zero-order valence-electron chi connectivity index (χ0n) is 16.6. The van der Waals surface area contributed by atoms with Crippen molar-refractivity contribution in [2.75, 3.05) is 6.61 Å². The Morgan fingerprint density at radius 1 is 0.967 bits per heavy atom. The molecule has 0 aliphatic rings. The predicted molar refractivity (Wildman–Crippen MR) is 119 cm³/mol. The minimum absolute atomic E-state index is 0.0279. The third kappa shape index (κ3) is 3.87. The number of Topliss-reactive ketones (excluding diaryl/α,β-unsaturated/α-hetero) is 1. The van der Waals surface area contributed by atoms with E-state index in [1.54, 1.807) is 48.5 Å². The van der Waals surface area contributed by atoms with Crippen molar-refractivity contribution in [2.24, 2.45) is 0 Å². The minimum Gasteiger partial charge on any atom is -0.478 e. The van der Waals surface area contributed by atoms with Crippen LogP contribution >= 0.6 is 11.6 Å². The molecule has 0 fully saturated rings. The number of hydrogen-bond donors (Lipinski definition) is 0. The summed E-state index contributed by atoms with van der Waals surface area (Å²) in [6, 6.07) is 19.5. The van der Waals surface area contributed by atoms with E-state index < -0.39 is 0 Å². The topological polar surface area (TPSA) is 56.5 Å². The molecule has 5 heteroatoms. The predicted octanol–water partition coefficient (Wildman–Crippen LogP) is 5.99. The van der Waals surface area contributed by atoms with E-state index in [4.69, 9.17) is 20.8 Å². The fourth-order valence-electron chi connectivity index (χ4n) is 3.20. The first-order chi connectivity index (χ1) is 14.4. The zero-order chi connectivity index (χ0) is 21.3. The molecule has 0 saturated carbocycles. The number of fused-ring (bicyclic) bond motifs is 1. The number of carbonyl (C=O) groups is 1. The summed E-state index contributed by atoms with van der Waals surface area (Å²) in [6.07, 6.45) is 0. The van der Waals surface area contributed by atoms with Crippen LogP contribution in [0, 0.1) is 13.8 Å². The van der Waals surface area contributed by atoms with Crippen LogP contribution in [0.3, 0.4) is 0 Å². The Bertz CT molecular complexity index is 1300. The highest BCUT2D eigenvalue weighted by Gasteiger charge is 2.21. The molecule has 1 aromatic heterocycles. The minimum atomic E-state index is -0.345. The molecule has 150 valence electrons. The van der Waals surface area contributed by atoms with Gasteiger partial charge < -0.3 is 9.15 Å². The molecule has 0 bridgehead atoms. The van der Waals surface area contributed by atoms with Crippen LogP contribution in [0.5, 0.6) is 5.75 Å². The fraction of sp³-hybridized carbons (Fsp3) is 0.120. The van der Waals surface area contributed by atoms with Gasteiger partial charge in [-0.2, -0.15) is 0 Å². The van der Waals surface area contributed by atoms with Gasteiger partial charge in [0.25, 0.3) is 0 Å². The Kier molecular flexibility index (Phi) is 5.42. The van der Waals surface area contributed by atoms with Crippen molar-refractivity contribution in [1.82, 2.24) is 0 Å². The summed E-state index contributed by atoms with van der Waals surface area (Å²) in [7, 11) is 0. The largest absolute Gasteiger partial charge is 0.478 e. The Morgan fingerprint density at radius 3 is 2.40 bits per heavy atom. The number of ketones is 1. The van der Waals surface area contributed by atoms with E-state index >= 15 is 0 Å². The maximum absolute atomic E-state index is 13.2. The van der Waals surface area contributed by atoms with Crippen LogP contribution in [0.15, 0.2) is 75.9 Å². The molecule has 0 aliphatic heterocycles. The monoisotopic (exact) mass is 418 g/mol. The molecule has 1 heterocycles. The van der Waals surface area contributed by atoms with Crippen molar-refractivity contribution >= 4 is 28.4 Å². The molecule has 30 heavy (non-hydrogen) atoms. The van der Waals surface area contributed by atoms with Crippen LogP contribution in [0.4, 0.5) is 0 Å². The first-order valence-electron chi connectivity index (χ1n) is 9.49. The van der Waals surface area contributed by atoms with Crippen LogP contribution in [0.1, 0.15) is 21.5 Å². The Balaban J connectivity index is 1.80. The first-order valence-corrected chi connectivity index (χ1v) is 9.87. The number of ether oxygens (including phenoxy) is 1. The maximum Gasteiger partial charge on any atom is 0.235 e. The molecule has 0 spiro atoms. The van der Waals surface area contributed by atoms with Crippen molar-refractivity contribution in [3.63, 3.8) is 0 Å². The lowest BCUT2D eigenvalue weighted by molar-refractivity contribution is 0.0920. The number of aryl methyl sites for hydroxylation is 2. The Labute approximate surface area is 178 Å². The molecule has 0 unspecified atom stereocenters. The van der Waals surface area contributed by atoms with Crippen molar-refractivity contribution < 1.29 is 13.9 Å². The highest BCUT2D eigenvalue weighted by Crippen LogP contribution is 2.35.